The number of carbonyl (C=O) groups excluding carboxylic acids is 2. The van der Waals surface area contributed by atoms with E-state index in [1.807, 2.05) is 0 Å². The molecule has 0 heterocycles. The third-order valence-corrected chi connectivity index (χ3v) is 2.40. The minimum absolute atomic E-state index is 0.247. The van der Waals surface area contributed by atoms with Gasteiger partial charge in [-0.1, -0.05) is 13.8 Å². The lowest BCUT2D eigenvalue weighted by Gasteiger charge is -2.21. The summed E-state index contributed by atoms with van der Waals surface area (Å²) in [6.45, 7) is 6.33. The first-order chi connectivity index (χ1) is 8.16. The van der Waals surface area contributed by atoms with Gasteiger partial charge in [-0.3, -0.25) is 9.59 Å². The second kappa shape index (κ2) is 6.95. The Hall–Kier alpha value is -1.63. The van der Waals surface area contributed by atoms with E-state index in [2.05, 4.69) is 10.6 Å². The molecular weight excluding hydrogens is 238 g/mol. The van der Waals surface area contributed by atoms with Crippen LogP contribution in [0, 0.1) is 5.92 Å². The van der Waals surface area contributed by atoms with E-state index in [1.54, 1.807) is 13.8 Å². The van der Waals surface area contributed by atoms with Gasteiger partial charge in [-0.15, -0.1) is 0 Å². The summed E-state index contributed by atoms with van der Waals surface area (Å²) in [6, 6.07) is -2.53. The summed E-state index contributed by atoms with van der Waals surface area (Å²) in [5.74, 6) is -2.37. The zero-order valence-corrected chi connectivity index (χ0v) is 11.1. The van der Waals surface area contributed by atoms with Crippen molar-refractivity contribution in [3.05, 3.63) is 0 Å². The fourth-order valence-corrected chi connectivity index (χ4v) is 1.20. The highest BCUT2D eigenvalue weighted by Crippen LogP contribution is 2.02. The Kier molecular flexibility index (Phi) is 6.32. The van der Waals surface area contributed by atoms with Gasteiger partial charge in [0.05, 0.1) is 6.04 Å². The first-order valence-electron chi connectivity index (χ1n) is 5.76. The maximum atomic E-state index is 11.7. The van der Waals surface area contributed by atoms with Crippen LogP contribution in [0.1, 0.15) is 27.7 Å². The van der Waals surface area contributed by atoms with Crippen molar-refractivity contribution >= 4 is 17.8 Å². The smallest absolute Gasteiger partial charge is 0.326 e. The third-order valence-electron chi connectivity index (χ3n) is 2.40. The molecular formula is C11H21N3O4. The predicted octanol–water partition coefficient (Wildman–Crippen LogP) is -0.936. The molecule has 0 aromatic rings. The number of aliphatic carboxylic acids is 1. The minimum atomic E-state index is -1.11. The number of nitrogens with one attached hydrogen (secondary N) is 2. The van der Waals surface area contributed by atoms with Gasteiger partial charge in [0, 0.05) is 0 Å². The molecule has 0 fully saturated rings. The molecule has 3 unspecified atom stereocenters. The predicted molar refractivity (Wildman–Crippen MR) is 65.7 cm³/mol. The molecule has 0 aromatic heterocycles. The Labute approximate surface area is 106 Å². The normalized spacial score (nSPS) is 15.7. The van der Waals surface area contributed by atoms with Crippen LogP contribution in [0.4, 0.5) is 0 Å². The van der Waals surface area contributed by atoms with Crippen molar-refractivity contribution in [2.75, 3.05) is 0 Å². The SMILES string of the molecule is CC(N)C(=O)NC(C)C(=O)NC(C(=O)O)C(C)C. The molecule has 18 heavy (non-hydrogen) atoms. The number of amides is 2. The average molecular weight is 259 g/mol. The maximum absolute atomic E-state index is 11.7. The Bertz CT molecular complexity index is 328. The number of nitrogens with two attached hydrogens (primary N) is 1. The van der Waals surface area contributed by atoms with Gasteiger partial charge in [0.2, 0.25) is 11.8 Å². The van der Waals surface area contributed by atoms with E-state index in [-0.39, 0.29) is 5.92 Å². The van der Waals surface area contributed by atoms with Crippen molar-refractivity contribution in [2.45, 2.75) is 45.8 Å². The molecule has 7 nitrogen and oxygen atoms in total. The second-order valence-electron chi connectivity index (χ2n) is 4.59. The first-order valence-corrected chi connectivity index (χ1v) is 5.76. The van der Waals surface area contributed by atoms with E-state index < -0.39 is 35.9 Å². The summed E-state index contributed by atoms with van der Waals surface area (Å²) in [4.78, 5) is 33.9. The molecule has 0 aliphatic carbocycles. The van der Waals surface area contributed by atoms with Crippen molar-refractivity contribution in [2.24, 2.45) is 11.7 Å². The van der Waals surface area contributed by atoms with E-state index in [1.165, 1.54) is 13.8 Å². The quantitative estimate of drug-likeness (QED) is 0.490. The highest BCUT2D eigenvalue weighted by atomic mass is 16.4. The molecule has 3 atom stereocenters. The largest absolute Gasteiger partial charge is 0.480 e. The van der Waals surface area contributed by atoms with Crippen LogP contribution >= 0.6 is 0 Å². The van der Waals surface area contributed by atoms with E-state index in [4.69, 9.17) is 10.8 Å². The number of carboxylic acid groups (broad SMARTS) is 1. The summed E-state index contributed by atoms with van der Waals surface area (Å²) in [7, 11) is 0. The molecule has 0 aliphatic heterocycles. The van der Waals surface area contributed by atoms with Crippen LogP contribution in [0.15, 0.2) is 0 Å². The summed E-state index contributed by atoms with van der Waals surface area (Å²) in [5.41, 5.74) is 5.34. The second-order valence-corrected chi connectivity index (χ2v) is 4.59. The number of rotatable bonds is 6. The fraction of sp³-hybridized carbons (Fsp3) is 0.727. The highest BCUT2D eigenvalue weighted by Gasteiger charge is 2.26. The number of hydrogen-bond acceptors (Lipinski definition) is 4. The van der Waals surface area contributed by atoms with Crippen LogP contribution in [0.25, 0.3) is 0 Å². The Balaban J connectivity index is 4.47. The van der Waals surface area contributed by atoms with Gasteiger partial charge >= 0.3 is 5.97 Å². The van der Waals surface area contributed by atoms with E-state index in [0.29, 0.717) is 0 Å². The van der Waals surface area contributed by atoms with Crippen LogP contribution in [-0.2, 0) is 14.4 Å². The molecule has 2 amide bonds. The van der Waals surface area contributed by atoms with Crippen LogP contribution in [-0.4, -0.2) is 41.0 Å². The van der Waals surface area contributed by atoms with Gasteiger partial charge in [-0.2, -0.15) is 0 Å². The number of carboxylic acids is 1. The Morgan fingerprint density at radius 3 is 1.83 bits per heavy atom. The molecule has 0 aliphatic rings. The van der Waals surface area contributed by atoms with Crippen LogP contribution in [0.5, 0.6) is 0 Å². The lowest BCUT2D eigenvalue weighted by atomic mass is 10.0. The molecule has 0 aromatic carbocycles. The Morgan fingerprint density at radius 2 is 1.50 bits per heavy atom. The van der Waals surface area contributed by atoms with Gasteiger partial charge in [0.25, 0.3) is 0 Å². The molecule has 0 saturated heterocycles. The van der Waals surface area contributed by atoms with Crippen LogP contribution < -0.4 is 16.4 Å². The number of hydrogen-bond donors (Lipinski definition) is 4. The topological polar surface area (TPSA) is 122 Å². The van der Waals surface area contributed by atoms with Crippen LogP contribution in [0.3, 0.4) is 0 Å². The van der Waals surface area contributed by atoms with Crippen molar-refractivity contribution in [3.8, 4) is 0 Å². The average Bonchev–Trinajstić information content (AvgIpc) is 2.23. The van der Waals surface area contributed by atoms with Crippen LogP contribution in [0.2, 0.25) is 0 Å². The van der Waals surface area contributed by atoms with Crippen molar-refractivity contribution in [3.63, 3.8) is 0 Å². The van der Waals surface area contributed by atoms with Crippen molar-refractivity contribution in [1.82, 2.24) is 10.6 Å². The molecule has 7 heteroatoms. The maximum Gasteiger partial charge on any atom is 0.326 e. The van der Waals surface area contributed by atoms with Gasteiger partial charge in [0.1, 0.15) is 12.1 Å². The first kappa shape index (κ1) is 16.4. The molecule has 0 bridgehead atoms. The zero-order valence-electron chi connectivity index (χ0n) is 11.1. The van der Waals surface area contributed by atoms with E-state index in [0.717, 1.165) is 0 Å². The van der Waals surface area contributed by atoms with E-state index in [9.17, 15) is 14.4 Å². The summed E-state index contributed by atoms with van der Waals surface area (Å²) < 4.78 is 0. The molecule has 5 N–H and O–H groups in total. The third kappa shape index (κ3) is 5.13. The van der Waals surface area contributed by atoms with Gasteiger partial charge in [-0.25, -0.2) is 4.79 Å². The standard InChI is InChI=1S/C11H21N3O4/c1-5(2)8(11(17)18)14-10(16)7(4)13-9(15)6(3)12/h5-8H,12H2,1-4H3,(H,13,15)(H,14,16)(H,17,18). The molecule has 0 spiro atoms. The number of carbonyl (C=O) groups is 3. The Morgan fingerprint density at radius 1 is 1.00 bits per heavy atom. The van der Waals surface area contributed by atoms with Gasteiger partial charge in [0.15, 0.2) is 0 Å². The van der Waals surface area contributed by atoms with Gasteiger partial charge in [-0.05, 0) is 19.8 Å². The fourth-order valence-electron chi connectivity index (χ4n) is 1.20. The molecule has 0 rings (SSSR count). The summed E-state index contributed by atoms with van der Waals surface area (Å²) in [5, 5.41) is 13.7. The summed E-state index contributed by atoms with van der Waals surface area (Å²) in [6.07, 6.45) is 0. The van der Waals surface area contributed by atoms with Gasteiger partial charge < -0.3 is 21.5 Å². The zero-order chi connectivity index (χ0) is 14.5. The van der Waals surface area contributed by atoms with Crippen molar-refractivity contribution in [1.29, 1.82) is 0 Å². The molecule has 0 saturated carbocycles. The lowest BCUT2D eigenvalue weighted by molar-refractivity contribution is -0.143. The molecule has 0 radical (unpaired) electrons. The van der Waals surface area contributed by atoms with E-state index >= 15 is 0 Å². The highest BCUT2D eigenvalue weighted by molar-refractivity contribution is 5.91. The molecule has 104 valence electrons. The lowest BCUT2D eigenvalue weighted by Crippen LogP contribution is -2.53. The minimum Gasteiger partial charge on any atom is -0.480 e. The van der Waals surface area contributed by atoms with Crippen molar-refractivity contribution < 1.29 is 19.5 Å². The summed E-state index contributed by atoms with van der Waals surface area (Å²) >= 11 is 0. The monoisotopic (exact) mass is 259 g/mol.